The molecule has 4 heteroatoms. The highest BCUT2D eigenvalue weighted by Gasteiger charge is 2.15. The Morgan fingerprint density at radius 3 is 2.63 bits per heavy atom. The Balaban J connectivity index is 1.93. The Kier molecular flexibility index (Phi) is 5.80. The lowest BCUT2D eigenvalue weighted by atomic mass is 10.1. The van der Waals surface area contributed by atoms with E-state index >= 15 is 0 Å². The maximum absolute atomic E-state index is 6.44. The number of nitrogens with zero attached hydrogens (tertiary/aromatic N) is 2. The first kappa shape index (κ1) is 14.5. The van der Waals surface area contributed by atoms with E-state index in [1.807, 2.05) is 30.3 Å². The standard InChI is InChI=1S/C15H19ClN2S/c1-2-3-4-8-11-13-17-18-15(19-13)14(16)12-9-6-5-7-10-12/h5-7,9-10,14H,2-4,8,11H2,1H3. The van der Waals surface area contributed by atoms with Gasteiger partial charge in [-0.3, -0.25) is 0 Å². The van der Waals surface area contributed by atoms with Gasteiger partial charge in [-0.25, -0.2) is 0 Å². The van der Waals surface area contributed by atoms with Crippen molar-refractivity contribution in [3.05, 3.63) is 45.9 Å². The van der Waals surface area contributed by atoms with Gasteiger partial charge in [-0.15, -0.1) is 21.8 Å². The van der Waals surface area contributed by atoms with E-state index in [0.29, 0.717) is 0 Å². The summed E-state index contributed by atoms with van der Waals surface area (Å²) in [6.07, 6.45) is 6.05. The zero-order valence-electron chi connectivity index (χ0n) is 11.2. The number of alkyl halides is 1. The Morgan fingerprint density at radius 1 is 1.11 bits per heavy atom. The summed E-state index contributed by atoms with van der Waals surface area (Å²) < 4.78 is 0. The molecule has 0 fully saturated rings. The average Bonchev–Trinajstić information content (AvgIpc) is 2.92. The highest BCUT2D eigenvalue weighted by Crippen LogP contribution is 2.30. The summed E-state index contributed by atoms with van der Waals surface area (Å²) >= 11 is 8.08. The molecule has 0 N–H and O–H groups in total. The summed E-state index contributed by atoms with van der Waals surface area (Å²) in [5.41, 5.74) is 1.08. The van der Waals surface area contributed by atoms with Gasteiger partial charge in [0.25, 0.3) is 0 Å². The van der Waals surface area contributed by atoms with Gasteiger partial charge in [0.05, 0.1) is 0 Å². The van der Waals surface area contributed by atoms with Gasteiger partial charge in [0.2, 0.25) is 0 Å². The van der Waals surface area contributed by atoms with Crippen molar-refractivity contribution in [1.82, 2.24) is 10.2 Å². The molecule has 1 unspecified atom stereocenters. The van der Waals surface area contributed by atoms with Gasteiger partial charge < -0.3 is 0 Å². The van der Waals surface area contributed by atoms with E-state index in [2.05, 4.69) is 17.1 Å². The molecule has 1 aromatic heterocycles. The number of halogens is 1. The van der Waals surface area contributed by atoms with E-state index in [9.17, 15) is 0 Å². The lowest BCUT2D eigenvalue weighted by molar-refractivity contribution is 0.662. The van der Waals surface area contributed by atoms with Crippen LogP contribution >= 0.6 is 22.9 Å². The van der Waals surface area contributed by atoms with E-state index in [1.54, 1.807) is 11.3 Å². The largest absolute Gasteiger partial charge is 0.143 e. The maximum Gasteiger partial charge on any atom is 0.139 e. The molecule has 0 aliphatic heterocycles. The number of unbranched alkanes of at least 4 members (excludes halogenated alkanes) is 3. The first-order valence-electron chi connectivity index (χ1n) is 6.82. The first-order chi connectivity index (χ1) is 9.31. The van der Waals surface area contributed by atoms with Crippen molar-refractivity contribution in [2.45, 2.75) is 44.4 Å². The van der Waals surface area contributed by atoms with Gasteiger partial charge in [-0.1, -0.05) is 67.9 Å². The second-order valence-electron chi connectivity index (χ2n) is 4.62. The second kappa shape index (κ2) is 7.61. The van der Waals surface area contributed by atoms with E-state index in [4.69, 9.17) is 11.6 Å². The minimum absolute atomic E-state index is 0.178. The van der Waals surface area contributed by atoms with Crippen molar-refractivity contribution < 1.29 is 0 Å². The molecular weight excluding hydrogens is 276 g/mol. The van der Waals surface area contributed by atoms with Gasteiger partial charge in [-0.05, 0) is 12.0 Å². The number of rotatable bonds is 7. The summed E-state index contributed by atoms with van der Waals surface area (Å²) in [5.74, 6) is 0. The summed E-state index contributed by atoms with van der Waals surface area (Å²) in [6.45, 7) is 2.22. The SMILES string of the molecule is CCCCCCc1nnc(C(Cl)c2ccccc2)s1. The molecule has 102 valence electrons. The van der Waals surface area contributed by atoms with Crippen LogP contribution in [0.2, 0.25) is 0 Å². The smallest absolute Gasteiger partial charge is 0.139 e. The maximum atomic E-state index is 6.44. The van der Waals surface area contributed by atoms with Crippen molar-refractivity contribution >= 4 is 22.9 Å². The van der Waals surface area contributed by atoms with Gasteiger partial charge in [-0.2, -0.15) is 0 Å². The Hall–Kier alpha value is -0.930. The predicted molar refractivity (Wildman–Crippen MR) is 81.9 cm³/mol. The Morgan fingerprint density at radius 2 is 1.89 bits per heavy atom. The molecule has 2 aromatic rings. The number of benzene rings is 1. The molecule has 1 aromatic carbocycles. The molecule has 2 nitrogen and oxygen atoms in total. The molecule has 0 spiro atoms. The summed E-state index contributed by atoms with van der Waals surface area (Å²) in [7, 11) is 0. The molecule has 0 bridgehead atoms. The number of hydrogen-bond donors (Lipinski definition) is 0. The fraction of sp³-hybridized carbons (Fsp3) is 0.467. The quantitative estimate of drug-likeness (QED) is 0.531. The van der Waals surface area contributed by atoms with Crippen molar-refractivity contribution in [3.63, 3.8) is 0 Å². The van der Waals surface area contributed by atoms with Gasteiger partial charge in [0, 0.05) is 6.42 Å². The highest BCUT2D eigenvalue weighted by atomic mass is 35.5. The van der Waals surface area contributed by atoms with E-state index < -0.39 is 0 Å². The van der Waals surface area contributed by atoms with Crippen LogP contribution in [0.15, 0.2) is 30.3 Å². The molecule has 0 saturated carbocycles. The number of hydrogen-bond acceptors (Lipinski definition) is 3. The van der Waals surface area contributed by atoms with E-state index in [1.165, 1.54) is 25.7 Å². The number of aromatic nitrogens is 2. The second-order valence-corrected chi connectivity index (χ2v) is 6.15. The van der Waals surface area contributed by atoms with Crippen LogP contribution in [0.3, 0.4) is 0 Å². The number of aryl methyl sites for hydroxylation is 1. The van der Waals surface area contributed by atoms with E-state index in [-0.39, 0.29) is 5.38 Å². The molecule has 0 radical (unpaired) electrons. The molecule has 1 atom stereocenters. The molecule has 0 saturated heterocycles. The zero-order chi connectivity index (χ0) is 13.5. The topological polar surface area (TPSA) is 25.8 Å². The fourth-order valence-electron chi connectivity index (χ4n) is 1.94. The first-order valence-corrected chi connectivity index (χ1v) is 8.08. The summed E-state index contributed by atoms with van der Waals surface area (Å²) in [6, 6.07) is 10.0. The minimum atomic E-state index is -0.178. The van der Waals surface area contributed by atoms with Crippen LogP contribution < -0.4 is 0 Å². The minimum Gasteiger partial charge on any atom is -0.143 e. The third-order valence-corrected chi connectivity index (χ3v) is 4.67. The summed E-state index contributed by atoms with van der Waals surface area (Å²) in [4.78, 5) is 0. The van der Waals surface area contributed by atoms with Crippen LogP contribution in [0.1, 0.15) is 53.6 Å². The van der Waals surface area contributed by atoms with Gasteiger partial charge >= 0.3 is 0 Å². The molecule has 2 rings (SSSR count). The van der Waals surface area contributed by atoms with Crippen LogP contribution in [-0.4, -0.2) is 10.2 Å². The average molecular weight is 295 g/mol. The normalized spacial score (nSPS) is 12.5. The van der Waals surface area contributed by atoms with Gasteiger partial charge in [0.15, 0.2) is 0 Å². The molecule has 0 amide bonds. The predicted octanol–water partition coefficient (Wildman–Crippen LogP) is 4.99. The molecule has 0 aliphatic rings. The fourth-order valence-corrected chi connectivity index (χ4v) is 3.15. The Bertz CT molecular complexity index is 484. The van der Waals surface area contributed by atoms with Crippen molar-refractivity contribution in [2.75, 3.05) is 0 Å². The molecular formula is C15H19ClN2S. The highest BCUT2D eigenvalue weighted by molar-refractivity contribution is 7.11. The van der Waals surface area contributed by atoms with Gasteiger partial charge in [0.1, 0.15) is 15.4 Å². The molecule has 19 heavy (non-hydrogen) atoms. The summed E-state index contributed by atoms with van der Waals surface area (Å²) in [5, 5.41) is 10.3. The van der Waals surface area contributed by atoms with Crippen molar-refractivity contribution in [2.24, 2.45) is 0 Å². The van der Waals surface area contributed by atoms with Crippen molar-refractivity contribution in [3.8, 4) is 0 Å². The molecule has 1 heterocycles. The van der Waals surface area contributed by atoms with Crippen LogP contribution in [0.5, 0.6) is 0 Å². The van der Waals surface area contributed by atoms with Crippen LogP contribution in [0, 0.1) is 0 Å². The third kappa shape index (κ3) is 4.29. The van der Waals surface area contributed by atoms with Crippen LogP contribution in [-0.2, 0) is 6.42 Å². The van der Waals surface area contributed by atoms with E-state index in [0.717, 1.165) is 22.0 Å². The lowest BCUT2D eigenvalue weighted by Gasteiger charge is -2.04. The monoisotopic (exact) mass is 294 g/mol. The lowest BCUT2D eigenvalue weighted by Crippen LogP contribution is -1.91. The van der Waals surface area contributed by atoms with Crippen molar-refractivity contribution in [1.29, 1.82) is 0 Å². The zero-order valence-corrected chi connectivity index (χ0v) is 12.8. The van der Waals surface area contributed by atoms with Crippen LogP contribution in [0.25, 0.3) is 0 Å². The Labute approximate surface area is 123 Å². The third-order valence-electron chi connectivity index (χ3n) is 3.04. The molecule has 0 aliphatic carbocycles. The van der Waals surface area contributed by atoms with Crippen LogP contribution in [0.4, 0.5) is 0 Å².